The number of nitrogens with one attached hydrogen (secondary N) is 1. The summed E-state index contributed by atoms with van der Waals surface area (Å²) in [5.74, 6) is 0.672. The molecule has 0 bridgehead atoms. The summed E-state index contributed by atoms with van der Waals surface area (Å²) in [6.07, 6.45) is 5.11. The van der Waals surface area contributed by atoms with Crippen molar-refractivity contribution in [2.45, 2.75) is 38.3 Å². The second-order valence-corrected chi connectivity index (χ2v) is 5.51. The Hall–Kier alpha value is -1.78. The Bertz CT molecular complexity index is 632. The lowest BCUT2D eigenvalue weighted by Gasteiger charge is -2.09. The van der Waals surface area contributed by atoms with Gasteiger partial charge in [0.1, 0.15) is 11.5 Å². The summed E-state index contributed by atoms with van der Waals surface area (Å²) < 4.78 is 5.81. The third-order valence-corrected chi connectivity index (χ3v) is 3.98. The Kier molecular flexibility index (Phi) is 5.63. The number of carboxylic acid groups (broad SMARTS) is 1. The lowest BCUT2D eigenvalue weighted by molar-refractivity contribution is 0.0697. The third kappa shape index (κ3) is 3.90. The second-order valence-electron chi connectivity index (χ2n) is 5.51. The highest BCUT2D eigenvalue weighted by Gasteiger charge is 2.15. The molecule has 0 radical (unpaired) electrons. The molecular formula is C17H20ClNO3. The molecule has 1 heterocycles. The predicted octanol–water partition coefficient (Wildman–Crippen LogP) is 4.10. The minimum atomic E-state index is -0.925. The van der Waals surface area contributed by atoms with Crippen LogP contribution >= 0.6 is 12.4 Å². The van der Waals surface area contributed by atoms with E-state index in [1.165, 1.54) is 25.7 Å². The Labute approximate surface area is 135 Å². The molecule has 2 N–H and O–H groups in total. The van der Waals surface area contributed by atoms with Crippen molar-refractivity contribution in [3.8, 4) is 11.3 Å². The highest BCUT2D eigenvalue weighted by molar-refractivity contribution is 5.89. The number of hydrogen-bond donors (Lipinski definition) is 2. The number of aromatic carboxylic acids is 1. The molecule has 2 aromatic rings. The minimum Gasteiger partial charge on any atom is -0.478 e. The van der Waals surface area contributed by atoms with Gasteiger partial charge in [-0.1, -0.05) is 25.0 Å². The normalized spacial score (nSPS) is 14.7. The Morgan fingerprint density at radius 1 is 1.23 bits per heavy atom. The van der Waals surface area contributed by atoms with Gasteiger partial charge in [0.15, 0.2) is 0 Å². The van der Waals surface area contributed by atoms with Crippen molar-refractivity contribution in [3.05, 3.63) is 47.7 Å². The maximum atomic E-state index is 11.0. The summed E-state index contributed by atoms with van der Waals surface area (Å²) in [5, 5.41) is 12.5. The molecule has 0 unspecified atom stereocenters. The van der Waals surface area contributed by atoms with Gasteiger partial charge in [0.25, 0.3) is 0 Å². The summed E-state index contributed by atoms with van der Waals surface area (Å²) >= 11 is 0. The fourth-order valence-corrected chi connectivity index (χ4v) is 2.81. The van der Waals surface area contributed by atoms with Crippen LogP contribution in [0.5, 0.6) is 0 Å². The molecule has 1 fully saturated rings. The molecule has 0 saturated heterocycles. The van der Waals surface area contributed by atoms with Gasteiger partial charge in [-0.3, -0.25) is 0 Å². The van der Waals surface area contributed by atoms with E-state index in [1.54, 1.807) is 18.2 Å². The second kappa shape index (κ2) is 7.47. The quantitative estimate of drug-likeness (QED) is 0.870. The first-order valence-corrected chi connectivity index (χ1v) is 7.38. The van der Waals surface area contributed by atoms with Gasteiger partial charge in [0, 0.05) is 11.6 Å². The van der Waals surface area contributed by atoms with E-state index in [4.69, 9.17) is 9.52 Å². The van der Waals surface area contributed by atoms with Gasteiger partial charge in [-0.2, -0.15) is 0 Å². The molecule has 22 heavy (non-hydrogen) atoms. The summed E-state index contributed by atoms with van der Waals surface area (Å²) in [5.41, 5.74) is 1.07. The molecule has 1 saturated carbocycles. The summed E-state index contributed by atoms with van der Waals surface area (Å²) in [6, 6.07) is 11.3. The molecule has 1 aromatic carbocycles. The van der Waals surface area contributed by atoms with Crippen LogP contribution in [0.1, 0.15) is 41.8 Å². The van der Waals surface area contributed by atoms with Crippen LogP contribution in [0.4, 0.5) is 0 Å². The Balaban J connectivity index is 0.00000176. The van der Waals surface area contributed by atoms with Crippen LogP contribution in [0.25, 0.3) is 11.3 Å². The number of halogens is 1. The molecule has 4 nitrogen and oxygen atoms in total. The molecule has 3 rings (SSSR count). The predicted molar refractivity (Wildman–Crippen MR) is 87.4 cm³/mol. The standard InChI is InChI=1S/C17H19NO3.ClH/c19-17(20)13-5-3-4-12(10-13)16-9-8-15(21-16)11-18-14-6-1-2-7-14;/h3-5,8-10,14,18H,1-2,6-7,11H2,(H,19,20);1H. The molecule has 118 valence electrons. The maximum absolute atomic E-state index is 11.0. The molecule has 1 aromatic heterocycles. The highest BCUT2D eigenvalue weighted by Crippen LogP contribution is 2.24. The number of carboxylic acids is 1. The molecule has 0 spiro atoms. The average Bonchev–Trinajstić information content (AvgIpc) is 3.17. The van der Waals surface area contributed by atoms with Gasteiger partial charge in [0.2, 0.25) is 0 Å². The number of rotatable bonds is 5. The van der Waals surface area contributed by atoms with Gasteiger partial charge < -0.3 is 14.8 Å². The van der Waals surface area contributed by atoms with Gasteiger partial charge >= 0.3 is 5.97 Å². The SMILES string of the molecule is Cl.O=C(O)c1cccc(-c2ccc(CNC3CCCC3)o2)c1. The fourth-order valence-electron chi connectivity index (χ4n) is 2.81. The van der Waals surface area contributed by atoms with Gasteiger partial charge in [-0.15, -0.1) is 12.4 Å². The first kappa shape index (κ1) is 16.6. The van der Waals surface area contributed by atoms with Crippen molar-refractivity contribution in [1.29, 1.82) is 0 Å². The lowest BCUT2D eigenvalue weighted by atomic mass is 10.1. The first-order valence-electron chi connectivity index (χ1n) is 7.38. The van der Waals surface area contributed by atoms with Crippen LogP contribution in [-0.4, -0.2) is 17.1 Å². The zero-order chi connectivity index (χ0) is 14.7. The van der Waals surface area contributed by atoms with E-state index in [2.05, 4.69) is 5.32 Å². The van der Waals surface area contributed by atoms with E-state index in [-0.39, 0.29) is 18.0 Å². The number of furan rings is 1. The van der Waals surface area contributed by atoms with Crippen LogP contribution in [0, 0.1) is 0 Å². The smallest absolute Gasteiger partial charge is 0.335 e. The third-order valence-electron chi connectivity index (χ3n) is 3.98. The monoisotopic (exact) mass is 321 g/mol. The number of carbonyl (C=O) groups is 1. The molecular weight excluding hydrogens is 302 g/mol. The van der Waals surface area contributed by atoms with Crippen molar-refractivity contribution in [2.75, 3.05) is 0 Å². The molecule has 0 atom stereocenters. The number of hydrogen-bond acceptors (Lipinski definition) is 3. The summed E-state index contributed by atoms with van der Waals surface area (Å²) in [7, 11) is 0. The zero-order valence-electron chi connectivity index (χ0n) is 12.2. The van der Waals surface area contributed by atoms with Gasteiger partial charge in [-0.05, 0) is 37.1 Å². The minimum absolute atomic E-state index is 0. The summed E-state index contributed by atoms with van der Waals surface area (Å²) in [4.78, 5) is 11.0. The van der Waals surface area contributed by atoms with Crippen molar-refractivity contribution in [3.63, 3.8) is 0 Å². The van der Waals surface area contributed by atoms with Crippen molar-refractivity contribution in [2.24, 2.45) is 0 Å². The van der Waals surface area contributed by atoms with E-state index >= 15 is 0 Å². The Morgan fingerprint density at radius 3 is 2.73 bits per heavy atom. The Morgan fingerprint density at radius 2 is 2.00 bits per heavy atom. The van der Waals surface area contributed by atoms with Gasteiger partial charge in [0.05, 0.1) is 12.1 Å². The largest absolute Gasteiger partial charge is 0.478 e. The first-order chi connectivity index (χ1) is 10.2. The van der Waals surface area contributed by atoms with Crippen LogP contribution < -0.4 is 5.32 Å². The van der Waals surface area contributed by atoms with Crippen molar-refractivity contribution in [1.82, 2.24) is 5.32 Å². The molecule has 0 aliphatic heterocycles. The number of benzene rings is 1. The van der Waals surface area contributed by atoms with E-state index in [9.17, 15) is 4.79 Å². The van der Waals surface area contributed by atoms with Crippen LogP contribution in [-0.2, 0) is 6.54 Å². The topological polar surface area (TPSA) is 62.5 Å². The molecule has 5 heteroatoms. The van der Waals surface area contributed by atoms with E-state index in [0.29, 0.717) is 11.8 Å². The van der Waals surface area contributed by atoms with Crippen LogP contribution in [0.3, 0.4) is 0 Å². The van der Waals surface area contributed by atoms with Crippen molar-refractivity contribution < 1.29 is 14.3 Å². The van der Waals surface area contributed by atoms with Crippen LogP contribution in [0.2, 0.25) is 0 Å². The fraction of sp³-hybridized carbons (Fsp3) is 0.353. The van der Waals surface area contributed by atoms with Crippen LogP contribution in [0.15, 0.2) is 40.8 Å². The maximum Gasteiger partial charge on any atom is 0.335 e. The summed E-state index contributed by atoms with van der Waals surface area (Å²) in [6.45, 7) is 0.725. The molecule has 0 amide bonds. The molecule has 1 aliphatic rings. The van der Waals surface area contributed by atoms with Gasteiger partial charge in [-0.25, -0.2) is 4.79 Å². The van der Waals surface area contributed by atoms with E-state index in [0.717, 1.165) is 17.9 Å². The lowest BCUT2D eigenvalue weighted by Crippen LogP contribution is -2.24. The van der Waals surface area contributed by atoms with Crippen molar-refractivity contribution >= 4 is 18.4 Å². The molecule has 1 aliphatic carbocycles. The van der Waals surface area contributed by atoms with E-state index in [1.807, 2.05) is 18.2 Å². The van der Waals surface area contributed by atoms with E-state index < -0.39 is 5.97 Å². The highest BCUT2D eigenvalue weighted by atomic mass is 35.5. The zero-order valence-corrected chi connectivity index (χ0v) is 13.1. The average molecular weight is 322 g/mol.